The van der Waals surface area contributed by atoms with Crippen molar-refractivity contribution in [3.63, 3.8) is 0 Å². The molecule has 0 heterocycles. The Labute approximate surface area is 184 Å². The quantitative estimate of drug-likeness (QED) is 0.281. The highest BCUT2D eigenvalue weighted by Gasteiger charge is 2.14. The lowest BCUT2D eigenvalue weighted by Crippen LogP contribution is -2.10. The third-order valence-corrected chi connectivity index (χ3v) is 5.95. The van der Waals surface area contributed by atoms with E-state index in [2.05, 4.69) is 82.8 Å². The van der Waals surface area contributed by atoms with Crippen LogP contribution in [-0.4, -0.2) is 5.75 Å². The summed E-state index contributed by atoms with van der Waals surface area (Å²) in [6, 6.07) is 16.9. The summed E-state index contributed by atoms with van der Waals surface area (Å²) in [5.74, 6) is 0.840. The van der Waals surface area contributed by atoms with E-state index in [1.807, 2.05) is 18.2 Å². The van der Waals surface area contributed by atoms with Crippen molar-refractivity contribution in [3.8, 4) is 0 Å². The first-order valence-electron chi connectivity index (χ1n) is 9.20. The Kier molecular flexibility index (Phi) is 8.36. The maximum Gasteiger partial charge on any atom is 0.0624 e. The monoisotopic (exact) mass is 429 g/mol. The molecular formula is C24H28ClNS2. The van der Waals surface area contributed by atoms with Gasteiger partial charge in [-0.25, -0.2) is 0 Å². The number of nitrogens with two attached hydrogens (primary N) is 1. The van der Waals surface area contributed by atoms with Crippen LogP contribution in [0.5, 0.6) is 0 Å². The number of hydrogen-bond acceptors (Lipinski definition) is 3. The van der Waals surface area contributed by atoms with Crippen LogP contribution < -0.4 is 5.73 Å². The number of allylic oxidation sites excluding steroid dienone is 3. The lowest BCUT2D eigenvalue weighted by atomic mass is 9.86. The minimum absolute atomic E-state index is 0.150. The first kappa shape index (κ1) is 22.7. The maximum absolute atomic E-state index is 6.09. The second kappa shape index (κ2) is 10.3. The Hall–Kier alpha value is -1.55. The molecule has 0 atom stereocenters. The molecule has 4 heteroatoms. The SMILES string of the molecule is C/C(=C(\SC/C=C/C=C(/N)S)c1ccc(Cl)cc1)c1ccc(C(C)(C)C)cc1. The number of thiol groups is 1. The first-order valence-corrected chi connectivity index (χ1v) is 11.0. The van der Waals surface area contributed by atoms with Crippen LogP contribution in [0, 0.1) is 0 Å². The van der Waals surface area contributed by atoms with E-state index in [4.69, 9.17) is 17.3 Å². The van der Waals surface area contributed by atoms with Gasteiger partial charge in [0.15, 0.2) is 0 Å². The topological polar surface area (TPSA) is 26.0 Å². The molecule has 0 spiro atoms. The van der Waals surface area contributed by atoms with E-state index >= 15 is 0 Å². The van der Waals surface area contributed by atoms with Gasteiger partial charge in [0.2, 0.25) is 0 Å². The molecule has 0 saturated heterocycles. The normalized spacial score (nSPS) is 13.7. The molecule has 1 nitrogen and oxygen atoms in total. The molecule has 0 unspecified atom stereocenters. The van der Waals surface area contributed by atoms with Gasteiger partial charge in [-0.2, -0.15) is 0 Å². The predicted octanol–water partition coefficient (Wildman–Crippen LogP) is 7.55. The third kappa shape index (κ3) is 6.80. The highest BCUT2D eigenvalue weighted by Crippen LogP contribution is 2.36. The van der Waals surface area contributed by atoms with Crippen molar-refractivity contribution in [1.29, 1.82) is 0 Å². The molecule has 0 aromatic heterocycles. The lowest BCUT2D eigenvalue weighted by Gasteiger charge is -2.20. The zero-order valence-corrected chi connectivity index (χ0v) is 19.3. The molecule has 0 aliphatic heterocycles. The van der Waals surface area contributed by atoms with Gasteiger partial charge in [-0.15, -0.1) is 24.4 Å². The fraction of sp³-hybridized carbons (Fsp3) is 0.250. The molecule has 0 amide bonds. The molecule has 2 aromatic rings. The number of benzene rings is 2. The number of thioether (sulfide) groups is 1. The smallest absolute Gasteiger partial charge is 0.0624 e. The molecule has 148 valence electrons. The molecular weight excluding hydrogens is 402 g/mol. The highest BCUT2D eigenvalue weighted by atomic mass is 35.5. The Morgan fingerprint density at radius 1 is 1.04 bits per heavy atom. The lowest BCUT2D eigenvalue weighted by molar-refractivity contribution is 0.590. The summed E-state index contributed by atoms with van der Waals surface area (Å²) in [5.41, 5.74) is 10.7. The number of halogens is 1. The van der Waals surface area contributed by atoms with Crippen LogP contribution >= 0.6 is 36.0 Å². The van der Waals surface area contributed by atoms with Gasteiger partial charge < -0.3 is 5.73 Å². The van der Waals surface area contributed by atoms with E-state index < -0.39 is 0 Å². The van der Waals surface area contributed by atoms with Gasteiger partial charge in [-0.1, -0.05) is 80.9 Å². The molecule has 2 rings (SSSR count). The molecule has 0 aliphatic carbocycles. The molecule has 0 aliphatic rings. The summed E-state index contributed by atoms with van der Waals surface area (Å²) in [6.45, 7) is 8.88. The highest BCUT2D eigenvalue weighted by molar-refractivity contribution is 8.08. The summed E-state index contributed by atoms with van der Waals surface area (Å²) in [6.07, 6.45) is 5.80. The fourth-order valence-electron chi connectivity index (χ4n) is 2.71. The van der Waals surface area contributed by atoms with Crippen molar-refractivity contribution in [2.75, 3.05) is 5.75 Å². The summed E-state index contributed by atoms with van der Waals surface area (Å²) in [7, 11) is 0. The van der Waals surface area contributed by atoms with Crippen LogP contribution in [0.2, 0.25) is 5.02 Å². The summed E-state index contributed by atoms with van der Waals surface area (Å²) < 4.78 is 0. The summed E-state index contributed by atoms with van der Waals surface area (Å²) in [5, 5.41) is 1.25. The first-order chi connectivity index (χ1) is 13.2. The van der Waals surface area contributed by atoms with Crippen LogP contribution in [0.4, 0.5) is 0 Å². The van der Waals surface area contributed by atoms with E-state index in [0.717, 1.165) is 10.8 Å². The third-order valence-electron chi connectivity index (χ3n) is 4.36. The van der Waals surface area contributed by atoms with Gasteiger partial charge in [0.1, 0.15) is 0 Å². The van der Waals surface area contributed by atoms with Crippen LogP contribution in [0.25, 0.3) is 10.5 Å². The average molecular weight is 430 g/mol. The van der Waals surface area contributed by atoms with Crippen molar-refractivity contribution >= 4 is 46.5 Å². The molecule has 0 radical (unpaired) electrons. The van der Waals surface area contributed by atoms with Gasteiger partial charge in [0.05, 0.1) is 5.03 Å². The minimum Gasteiger partial charge on any atom is -0.394 e. The van der Waals surface area contributed by atoms with Crippen molar-refractivity contribution < 1.29 is 0 Å². The number of rotatable bonds is 6. The molecule has 2 aromatic carbocycles. The molecule has 0 saturated carbocycles. The van der Waals surface area contributed by atoms with Gasteiger partial charge in [-0.3, -0.25) is 0 Å². The number of hydrogen-bond donors (Lipinski definition) is 2. The van der Waals surface area contributed by atoms with Crippen LogP contribution in [-0.2, 0) is 5.41 Å². The molecule has 2 N–H and O–H groups in total. The van der Waals surface area contributed by atoms with E-state index in [-0.39, 0.29) is 5.41 Å². The van der Waals surface area contributed by atoms with Gasteiger partial charge >= 0.3 is 0 Å². The van der Waals surface area contributed by atoms with E-state index in [9.17, 15) is 0 Å². The second-order valence-corrected chi connectivity index (χ2v) is 9.60. The molecule has 0 fully saturated rings. The van der Waals surface area contributed by atoms with Gasteiger partial charge in [0, 0.05) is 15.7 Å². The largest absolute Gasteiger partial charge is 0.394 e. The van der Waals surface area contributed by atoms with Gasteiger partial charge in [-0.05, 0) is 52.8 Å². The Balaban J connectivity index is 2.36. The minimum atomic E-state index is 0.150. The standard InChI is InChI=1S/C24H28ClNS2/c1-17(18-8-12-20(13-9-18)24(2,3)4)23(19-10-14-21(25)15-11-19)28-16-6-5-7-22(26)27/h5-15,27H,16,26H2,1-4H3/b6-5+,22-7-,23-17+. The van der Waals surface area contributed by atoms with Crippen molar-refractivity contribution in [3.05, 3.63) is 93.5 Å². The molecule has 28 heavy (non-hydrogen) atoms. The summed E-state index contributed by atoms with van der Waals surface area (Å²) >= 11 is 12.0. The van der Waals surface area contributed by atoms with E-state index in [0.29, 0.717) is 5.03 Å². The van der Waals surface area contributed by atoms with Gasteiger partial charge in [0.25, 0.3) is 0 Å². The zero-order chi connectivity index (χ0) is 20.7. The summed E-state index contributed by atoms with van der Waals surface area (Å²) in [4.78, 5) is 1.24. The van der Waals surface area contributed by atoms with Crippen molar-refractivity contribution in [2.24, 2.45) is 5.73 Å². The maximum atomic E-state index is 6.09. The van der Waals surface area contributed by atoms with Crippen LogP contribution in [0.1, 0.15) is 44.4 Å². The Bertz CT molecular complexity index is 866. The fourth-order valence-corrected chi connectivity index (χ4v) is 3.94. The van der Waals surface area contributed by atoms with Crippen molar-refractivity contribution in [2.45, 2.75) is 33.1 Å². The Morgan fingerprint density at radius 3 is 2.14 bits per heavy atom. The average Bonchev–Trinajstić information content (AvgIpc) is 2.64. The second-order valence-electron chi connectivity index (χ2n) is 7.62. The van der Waals surface area contributed by atoms with E-state index in [1.165, 1.54) is 27.2 Å². The Morgan fingerprint density at radius 2 is 1.61 bits per heavy atom. The zero-order valence-electron chi connectivity index (χ0n) is 16.9. The molecule has 0 bridgehead atoms. The van der Waals surface area contributed by atoms with Crippen molar-refractivity contribution in [1.82, 2.24) is 0 Å². The predicted molar refractivity (Wildman–Crippen MR) is 132 cm³/mol. The van der Waals surface area contributed by atoms with Crippen LogP contribution in [0.3, 0.4) is 0 Å². The van der Waals surface area contributed by atoms with E-state index in [1.54, 1.807) is 17.8 Å². The van der Waals surface area contributed by atoms with Crippen LogP contribution in [0.15, 0.2) is 71.8 Å².